The van der Waals surface area contributed by atoms with E-state index in [0.29, 0.717) is 5.92 Å². The fourth-order valence-electron chi connectivity index (χ4n) is 3.88. The quantitative estimate of drug-likeness (QED) is 0.302. The van der Waals surface area contributed by atoms with Gasteiger partial charge >= 0.3 is 0 Å². The molecule has 0 N–H and O–H groups in total. The van der Waals surface area contributed by atoms with Crippen molar-refractivity contribution in [2.45, 2.75) is 19.8 Å². The summed E-state index contributed by atoms with van der Waals surface area (Å²) in [6.07, 6.45) is 0. The molecule has 1 aromatic heterocycles. The molecule has 0 aliphatic rings. The zero-order valence-electron chi connectivity index (χ0n) is 15.0. The lowest BCUT2D eigenvalue weighted by molar-refractivity contribution is 0.878. The third-order valence-electron chi connectivity index (χ3n) is 5.24. The topological polar surface area (TPSA) is 0 Å². The van der Waals surface area contributed by atoms with Crippen LogP contribution >= 0.6 is 11.3 Å². The summed E-state index contributed by atoms with van der Waals surface area (Å²) in [5.41, 5.74) is 4.09. The molecule has 0 amide bonds. The van der Waals surface area contributed by atoms with Crippen LogP contribution in [0.2, 0.25) is 0 Å². The Morgan fingerprint density at radius 2 is 1.38 bits per heavy atom. The number of fused-ring (bicyclic) bond motifs is 4. The van der Waals surface area contributed by atoms with Gasteiger partial charge in [-0.15, -0.1) is 11.3 Å². The molecule has 0 aliphatic heterocycles. The van der Waals surface area contributed by atoms with Crippen LogP contribution in [-0.4, -0.2) is 0 Å². The second kappa shape index (κ2) is 5.96. The molecule has 0 spiro atoms. The summed E-state index contributed by atoms with van der Waals surface area (Å²) >= 11 is 1.94. The number of rotatable bonds is 2. The van der Waals surface area contributed by atoms with E-state index < -0.39 is 0 Å². The lowest BCUT2D eigenvalue weighted by Crippen LogP contribution is -1.85. The van der Waals surface area contributed by atoms with Gasteiger partial charge in [0.25, 0.3) is 0 Å². The monoisotopic (exact) mass is 352 g/mol. The van der Waals surface area contributed by atoms with Gasteiger partial charge in [0.15, 0.2) is 0 Å². The van der Waals surface area contributed by atoms with Crippen molar-refractivity contribution in [1.29, 1.82) is 0 Å². The van der Waals surface area contributed by atoms with Gasteiger partial charge in [-0.2, -0.15) is 0 Å². The van der Waals surface area contributed by atoms with Crippen molar-refractivity contribution >= 4 is 42.3 Å². The van der Waals surface area contributed by atoms with Gasteiger partial charge in [-0.05, 0) is 39.4 Å². The standard InChI is InChI=1S/C25H20S/c1-16(2)20-9-5-11-22-23-12-6-10-21(25(23)26-24(20)22)19-14-13-17-7-3-4-8-18(17)15-19/h3-16H,1-2H3. The smallest absolute Gasteiger partial charge is 0.0433 e. The Hall–Kier alpha value is -2.64. The Labute approximate surface area is 157 Å². The van der Waals surface area contributed by atoms with Crippen molar-refractivity contribution in [3.8, 4) is 11.1 Å². The minimum absolute atomic E-state index is 0.538. The minimum atomic E-state index is 0.538. The highest BCUT2D eigenvalue weighted by Crippen LogP contribution is 2.42. The van der Waals surface area contributed by atoms with Crippen LogP contribution in [0.1, 0.15) is 25.3 Å². The van der Waals surface area contributed by atoms with Crippen LogP contribution in [0.25, 0.3) is 42.1 Å². The molecule has 0 nitrogen and oxygen atoms in total. The van der Waals surface area contributed by atoms with Crippen molar-refractivity contribution in [1.82, 2.24) is 0 Å². The van der Waals surface area contributed by atoms with Crippen LogP contribution in [-0.2, 0) is 0 Å². The molecule has 0 radical (unpaired) electrons. The van der Waals surface area contributed by atoms with Crippen molar-refractivity contribution in [2.24, 2.45) is 0 Å². The van der Waals surface area contributed by atoms with E-state index in [1.807, 2.05) is 11.3 Å². The van der Waals surface area contributed by atoms with Crippen LogP contribution in [0.15, 0.2) is 78.9 Å². The van der Waals surface area contributed by atoms with Gasteiger partial charge in [0.2, 0.25) is 0 Å². The molecule has 5 rings (SSSR count). The molecular formula is C25H20S. The molecule has 5 aromatic rings. The Balaban J connectivity index is 1.82. The molecule has 0 saturated carbocycles. The van der Waals surface area contributed by atoms with Gasteiger partial charge in [-0.3, -0.25) is 0 Å². The summed E-state index contributed by atoms with van der Waals surface area (Å²) in [5.74, 6) is 0.538. The zero-order valence-corrected chi connectivity index (χ0v) is 15.8. The van der Waals surface area contributed by atoms with Gasteiger partial charge in [-0.25, -0.2) is 0 Å². The molecule has 0 atom stereocenters. The third kappa shape index (κ3) is 2.35. The maximum Gasteiger partial charge on any atom is 0.0433 e. The van der Waals surface area contributed by atoms with Gasteiger partial charge in [0.1, 0.15) is 0 Å². The van der Waals surface area contributed by atoms with E-state index in [0.717, 1.165) is 0 Å². The number of hydrogen-bond donors (Lipinski definition) is 0. The first kappa shape index (κ1) is 15.6. The first-order valence-electron chi connectivity index (χ1n) is 9.16. The Morgan fingerprint density at radius 3 is 2.19 bits per heavy atom. The number of benzene rings is 4. The van der Waals surface area contributed by atoms with E-state index >= 15 is 0 Å². The molecular weight excluding hydrogens is 332 g/mol. The predicted molar refractivity (Wildman–Crippen MR) is 116 cm³/mol. The maximum atomic E-state index is 2.32. The highest BCUT2D eigenvalue weighted by Gasteiger charge is 2.14. The fourth-order valence-corrected chi connectivity index (χ4v) is 5.38. The first-order valence-corrected chi connectivity index (χ1v) is 9.97. The Bertz CT molecular complexity index is 1260. The second-order valence-electron chi connectivity index (χ2n) is 7.22. The summed E-state index contributed by atoms with van der Waals surface area (Å²) in [7, 11) is 0. The van der Waals surface area contributed by atoms with Crippen LogP contribution < -0.4 is 0 Å². The van der Waals surface area contributed by atoms with Gasteiger partial charge in [0.05, 0.1) is 0 Å². The molecule has 0 saturated heterocycles. The predicted octanol–water partition coefficient (Wildman–Crippen LogP) is 8.00. The molecule has 0 unspecified atom stereocenters. The van der Waals surface area contributed by atoms with Crippen LogP contribution in [0.5, 0.6) is 0 Å². The van der Waals surface area contributed by atoms with E-state index in [4.69, 9.17) is 0 Å². The average Bonchev–Trinajstić information content (AvgIpc) is 3.06. The van der Waals surface area contributed by atoms with Crippen molar-refractivity contribution in [3.05, 3.63) is 84.4 Å². The van der Waals surface area contributed by atoms with Gasteiger partial charge < -0.3 is 0 Å². The van der Waals surface area contributed by atoms with Crippen LogP contribution in [0.4, 0.5) is 0 Å². The van der Waals surface area contributed by atoms with Crippen LogP contribution in [0.3, 0.4) is 0 Å². The zero-order chi connectivity index (χ0) is 17.7. The van der Waals surface area contributed by atoms with E-state index in [1.54, 1.807) is 0 Å². The van der Waals surface area contributed by atoms with E-state index in [9.17, 15) is 0 Å². The molecule has 1 heterocycles. The molecule has 1 heteroatoms. The van der Waals surface area contributed by atoms with Gasteiger partial charge in [-0.1, -0.05) is 86.6 Å². The third-order valence-corrected chi connectivity index (χ3v) is 6.54. The van der Waals surface area contributed by atoms with E-state index in [2.05, 4.69) is 92.7 Å². The fraction of sp³-hybridized carbons (Fsp3) is 0.120. The normalized spacial score (nSPS) is 11.8. The highest BCUT2D eigenvalue weighted by atomic mass is 32.1. The lowest BCUT2D eigenvalue weighted by Gasteiger charge is -2.05. The molecule has 0 fully saturated rings. The Kier molecular flexibility index (Phi) is 3.58. The molecule has 4 aromatic carbocycles. The Morgan fingerprint density at radius 1 is 0.654 bits per heavy atom. The van der Waals surface area contributed by atoms with Gasteiger partial charge in [0, 0.05) is 20.2 Å². The maximum absolute atomic E-state index is 2.32. The van der Waals surface area contributed by atoms with E-state index in [1.165, 1.54) is 47.6 Å². The largest absolute Gasteiger partial charge is 0.134 e. The number of hydrogen-bond acceptors (Lipinski definition) is 1. The summed E-state index contributed by atoms with van der Waals surface area (Å²) in [6.45, 7) is 4.56. The lowest BCUT2D eigenvalue weighted by atomic mass is 9.98. The summed E-state index contributed by atoms with van der Waals surface area (Å²) in [6, 6.07) is 28.9. The molecule has 0 bridgehead atoms. The van der Waals surface area contributed by atoms with Crippen molar-refractivity contribution < 1.29 is 0 Å². The average molecular weight is 353 g/mol. The first-order chi connectivity index (χ1) is 12.7. The SMILES string of the molecule is CC(C)c1cccc2c1sc1c(-c3ccc4ccccc4c3)cccc12. The second-order valence-corrected chi connectivity index (χ2v) is 8.25. The summed E-state index contributed by atoms with van der Waals surface area (Å²) < 4.78 is 2.83. The molecule has 126 valence electrons. The molecule has 26 heavy (non-hydrogen) atoms. The van der Waals surface area contributed by atoms with Crippen molar-refractivity contribution in [2.75, 3.05) is 0 Å². The van der Waals surface area contributed by atoms with Crippen molar-refractivity contribution in [3.63, 3.8) is 0 Å². The van der Waals surface area contributed by atoms with E-state index in [-0.39, 0.29) is 0 Å². The number of thiophene rings is 1. The summed E-state index contributed by atoms with van der Waals surface area (Å²) in [4.78, 5) is 0. The van der Waals surface area contributed by atoms with Crippen LogP contribution in [0, 0.1) is 0 Å². The summed E-state index contributed by atoms with van der Waals surface area (Å²) in [5, 5.41) is 5.35. The molecule has 0 aliphatic carbocycles. The minimum Gasteiger partial charge on any atom is -0.134 e. The highest BCUT2D eigenvalue weighted by molar-refractivity contribution is 7.26.